The maximum absolute atomic E-state index is 6.07. The fourth-order valence-electron chi connectivity index (χ4n) is 2.76. The van der Waals surface area contributed by atoms with E-state index >= 15 is 0 Å². The number of thiophene rings is 1. The third-order valence-electron chi connectivity index (χ3n) is 4.01. The van der Waals surface area contributed by atoms with Crippen molar-refractivity contribution in [2.75, 3.05) is 6.26 Å². The molecule has 6 heteroatoms. The van der Waals surface area contributed by atoms with Crippen LogP contribution in [0.15, 0.2) is 76.1 Å². The number of rotatable bonds is 3. The molecule has 0 N–H and O–H groups in total. The lowest BCUT2D eigenvalue weighted by atomic mass is 10.0. The van der Waals surface area contributed by atoms with Gasteiger partial charge < -0.3 is 0 Å². The fourth-order valence-corrected chi connectivity index (χ4v) is 4.21. The predicted molar refractivity (Wildman–Crippen MR) is 114 cm³/mol. The number of benzene rings is 2. The molecule has 0 amide bonds. The molecule has 0 saturated carbocycles. The molecule has 1 aliphatic heterocycles. The van der Waals surface area contributed by atoms with Crippen LogP contribution in [-0.4, -0.2) is 22.1 Å². The molecule has 1 aliphatic rings. The first-order chi connectivity index (χ1) is 12.7. The molecule has 0 aliphatic carbocycles. The van der Waals surface area contributed by atoms with Gasteiger partial charge in [0.2, 0.25) is 0 Å². The minimum absolute atomic E-state index is 0.673. The highest BCUT2D eigenvalue weighted by atomic mass is 35.5. The number of nitrogens with zero attached hydrogens (tertiary/aromatic N) is 3. The largest absolute Gasteiger partial charge is 0.237 e. The number of fused-ring (bicyclic) bond motifs is 1. The zero-order valence-electron chi connectivity index (χ0n) is 14.1. The number of halogens is 1. The lowest BCUT2D eigenvalue weighted by molar-refractivity contribution is 0.450. The van der Waals surface area contributed by atoms with Crippen molar-refractivity contribution in [2.45, 2.75) is 6.54 Å². The van der Waals surface area contributed by atoms with Gasteiger partial charge in [0, 0.05) is 16.1 Å². The van der Waals surface area contributed by atoms with Gasteiger partial charge in [0.25, 0.3) is 0 Å². The van der Waals surface area contributed by atoms with Gasteiger partial charge in [-0.05, 0) is 35.4 Å². The Morgan fingerprint density at radius 2 is 1.81 bits per heavy atom. The molecule has 3 aromatic rings. The van der Waals surface area contributed by atoms with Crippen molar-refractivity contribution in [3.05, 3.63) is 87.8 Å². The van der Waals surface area contributed by atoms with Gasteiger partial charge in [-0.1, -0.05) is 65.8 Å². The van der Waals surface area contributed by atoms with Crippen LogP contribution in [0, 0.1) is 0 Å². The van der Waals surface area contributed by atoms with Gasteiger partial charge in [-0.25, -0.2) is 10.0 Å². The van der Waals surface area contributed by atoms with Crippen LogP contribution in [0.2, 0.25) is 5.02 Å². The van der Waals surface area contributed by atoms with Gasteiger partial charge >= 0.3 is 0 Å². The van der Waals surface area contributed by atoms with Gasteiger partial charge in [0.15, 0.2) is 5.17 Å². The molecule has 0 bridgehead atoms. The van der Waals surface area contributed by atoms with Crippen LogP contribution < -0.4 is 0 Å². The third-order valence-corrected chi connectivity index (χ3v) is 5.74. The monoisotopic (exact) mass is 397 g/mol. The Morgan fingerprint density at radius 1 is 1.04 bits per heavy atom. The fraction of sp³-hybridized carbons (Fsp3) is 0.100. The number of amidine groups is 1. The van der Waals surface area contributed by atoms with E-state index < -0.39 is 0 Å². The molecular formula is C20H16ClN3S2. The van der Waals surface area contributed by atoms with Crippen molar-refractivity contribution in [2.24, 2.45) is 10.1 Å². The summed E-state index contributed by atoms with van der Waals surface area (Å²) in [7, 11) is 0. The van der Waals surface area contributed by atoms with E-state index in [0.29, 0.717) is 6.54 Å². The summed E-state index contributed by atoms with van der Waals surface area (Å²) >= 11 is 9.31. The van der Waals surface area contributed by atoms with Crippen molar-refractivity contribution < 1.29 is 0 Å². The molecule has 0 radical (unpaired) electrons. The molecule has 26 heavy (non-hydrogen) atoms. The maximum atomic E-state index is 6.07. The van der Waals surface area contributed by atoms with Crippen LogP contribution >= 0.6 is 34.7 Å². The van der Waals surface area contributed by atoms with E-state index in [4.69, 9.17) is 21.7 Å². The number of hydrazone groups is 1. The second-order valence-electron chi connectivity index (χ2n) is 5.74. The Hall–Kier alpha value is -2.08. The first-order valence-corrected chi connectivity index (χ1v) is 10.6. The Bertz CT molecular complexity index is 962. The molecule has 1 aromatic heterocycles. The molecule has 2 aromatic carbocycles. The van der Waals surface area contributed by atoms with Gasteiger partial charge in [-0.15, -0.1) is 11.3 Å². The van der Waals surface area contributed by atoms with E-state index in [1.165, 1.54) is 5.56 Å². The smallest absolute Gasteiger partial charge is 0.185 e. The van der Waals surface area contributed by atoms with Gasteiger partial charge in [-0.3, -0.25) is 0 Å². The molecule has 3 nitrogen and oxygen atoms in total. The van der Waals surface area contributed by atoms with Gasteiger partial charge in [0.1, 0.15) is 10.7 Å². The summed E-state index contributed by atoms with van der Waals surface area (Å²) in [6.07, 6.45) is 2.03. The molecule has 0 atom stereocenters. The minimum Gasteiger partial charge on any atom is -0.237 e. The van der Waals surface area contributed by atoms with E-state index in [1.807, 2.05) is 53.7 Å². The maximum Gasteiger partial charge on any atom is 0.185 e. The van der Waals surface area contributed by atoms with Crippen molar-refractivity contribution in [3.63, 3.8) is 0 Å². The summed E-state index contributed by atoms with van der Waals surface area (Å²) in [5, 5.41) is 11.6. The predicted octanol–water partition coefficient (Wildman–Crippen LogP) is 6.02. The van der Waals surface area contributed by atoms with Crippen LogP contribution in [0.3, 0.4) is 0 Å². The SMILES string of the molecule is CSC1=Nc2sccc2C(c2ccc(Cl)cc2)=NN1Cc1ccccc1. The topological polar surface area (TPSA) is 28.0 Å². The van der Waals surface area contributed by atoms with Crippen LogP contribution in [0.1, 0.15) is 16.7 Å². The lowest BCUT2D eigenvalue weighted by Crippen LogP contribution is -2.23. The average molecular weight is 398 g/mol. The standard InChI is InChI=1S/C20H16ClN3S2/c1-25-20-22-19-17(11-12-26-19)18(15-7-9-16(21)10-8-15)23-24(20)13-14-5-3-2-4-6-14/h2-12H,13H2,1H3. The van der Waals surface area contributed by atoms with Crippen molar-refractivity contribution >= 4 is 50.6 Å². The van der Waals surface area contributed by atoms with Crippen LogP contribution in [0.4, 0.5) is 5.00 Å². The molecule has 0 saturated heterocycles. The zero-order chi connectivity index (χ0) is 17.9. The Labute approximate surface area is 166 Å². The number of aliphatic imine (C=N–C) groups is 1. The highest BCUT2D eigenvalue weighted by Crippen LogP contribution is 2.34. The Kier molecular flexibility index (Phi) is 5.11. The van der Waals surface area contributed by atoms with Crippen molar-refractivity contribution in [1.29, 1.82) is 0 Å². The second kappa shape index (κ2) is 7.66. The third kappa shape index (κ3) is 3.56. The highest BCUT2D eigenvalue weighted by molar-refractivity contribution is 8.13. The molecule has 2 heterocycles. The first-order valence-electron chi connectivity index (χ1n) is 8.11. The Balaban J connectivity index is 1.81. The van der Waals surface area contributed by atoms with Gasteiger partial charge in [0.05, 0.1) is 6.54 Å². The van der Waals surface area contributed by atoms with Crippen LogP contribution in [0.25, 0.3) is 0 Å². The average Bonchev–Trinajstić information content (AvgIpc) is 3.07. The summed E-state index contributed by atoms with van der Waals surface area (Å²) in [5.41, 5.74) is 4.20. The van der Waals surface area contributed by atoms with Gasteiger partial charge in [-0.2, -0.15) is 5.10 Å². The van der Waals surface area contributed by atoms with E-state index in [-0.39, 0.29) is 0 Å². The van der Waals surface area contributed by atoms with E-state index in [9.17, 15) is 0 Å². The molecule has 0 unspecified atom stereocenters. The summed E-state index contributed by atoms with van der Waals surface area (Å²) in [6.45, 7) is 0.673. The second-order valence-corrected chi connectivity index (χ2v) is 7.84. The number of hydrogen-bond donors (Lipinski definition) is 0. The molecule has 4 rings (SSSR count). The van der Waals surface area contributed by atoms with Crippen molar-refractivity contribution in [1.82, 2.24) is 5.01 Å². The zero-order valence-corrected chi connectivity index (χ0v) is 16.5. The highest BCUT2D eigenvalue weighted by Gasteiger charge is 2.22. The summed E-state index contributed by atoms with van der Waals surface area (Å²) in [5.74, 6) is 0. The molecule has 130 valence electrons. The molecule has 0 fully saturated rings. The lowest BCUT2D eigenvalue weighted by Gasteiger charge is -2.19. The van der Waals surface area contributed by atoms with E-state index in [0.717, 1.165) is 32.0 Å². The van der Waals surface area contributed by atoms with E-state index in [2.05, 4.69) is 23.6 Å². The summed E-state index contributed by atoms with van der Waals surface area (Å²) < 4.78 is 0. The normalized spacial score (nSPS) is 13.7. The van der Waals surface area contributed by atoms with Crippen LogP contribution in [0.5, 0.6) is 0 Å². The Morgan fingerprint density at radius 3 is 2.54 bits per heavy atom. The minimum atomic E-state index is 0.673. The summed E-state index contributed by atoms with van der Waals surface area (Å²) in [4.78, 5) is 4.87. The molecule has 0 spiro atoms. The van der Waals surface area contributed by atoms with E-state index in [1.54, 1.807) is 23.1 Å². The first kappa shape index (κ1) is 17.3. The van der Waals surface area contributed by atoms with Crippen molar-refractivity contribution in [3.8, 4) is 0 Å². The van der Waals surface area contributed by atoms with Crippen LogP contribution in [-0.2, 0) is 6.54 Å². The molecular weight excluding hydrogens is 382 g/mol. The summed E-state index contributed by atoms with van der Waals surface area (Å²) in [6, 6.07) is 20.2. The quantitative estimate of drug-likeness (QED) is 0.540. The number of hydrogen-bond acceptors (Lipinski definition) is 5. The number of thioether (sulfide) groups is 1.